The Morgan fingerprint density at radius 1 is 1.54 bits per heavy atom. The molecule has 72 valence electrons. The van der Waals surface area contributed by atoms with Gasteiger partial charge in [0.15, 0.2) is 12.0 Å². The van der Waals surface area contributed by atoms with Crippen molar-refractivity contribution < 1.29 is 9.26 Å². The van der Waals surface area contributed by atoms with Gasteiger partial charge in [0.05, 0.1) is 0 Å². The van der Waals surface area contributed by atoms with E-state index in [0.29, 0.717) is 6.10 Å². The average molecular weight is 182 g/mol. The molecule has 0 atom stereocenters. The average Bonchev–Trinajstić information content (AvgIpc) is 2.62. The minimum Gasteiger partial charge on any atom is -0.485 e. The third kappa shape index (κ3) is 2.21. The van der Waals surface area contributed by atoms with Crippen LogP contribution in [0.2, 0.25) is 0 Å². The summed E-state index contributed by atoms with van der Waals surface area (Å²) in [6, 6.07) is 0. The quantitative estimate of drug-likeness (QED) is 0.687. The van der Waals surface area contributed by atoms with Crippen molar-refractivity contribution in [3.8, 4) is 5.75 Å². The van der Waals surface area contributed by atoms with E-state index in [1.165, 1.54) is 0 Å². The fourth-order valence-corrected chi connectivity index (χ4v) is 1.55. The van der Waals surface area contributed by atoms with Gasteiger partial charge in [-0.3, -0.25) is 0 Å². The van der Waals surface area contributed by atoms with Gasteiger partial charge in [-0.25, -0.2) is 0 Å². The van der Waals surface area contributed by atoms with E-state index in [1.54, 1.807) is 12.5 Å². The number of nitrogens with zero attached hydrogens (tertiary/aromatic N) is 2. The molecule has 1 aliphatic heterocycles. The van der Waals surface area contributed by atoms with E-state index in [4.69, 9.17) is 9.26 Å². The Morgan fingerprint density at radius 3 is 2.92 bits per heavy atom. The first-order valence-corrected chi connectivity index (χ1v) is 4.59. The molecule has 1 saturated heterocycles. The second kappa shape index (κ2) is 3.79. The van der Waals surface area contributed by atoms with Crippen molar-refractivity contribution in [2.75, 3.05) is 20.1 Å². The molecule has 1 aromatic rings. The summed E-state index contributed by atoms with van der Waals surface area (Å²) in [5, 5.41) is 3.59. The zero-order valence-corrected chi connectivity index (χ0v) is 7.77. The third-order valence-electron chi connectivity index (χ3n) is 2.38. The van der Waals surface area contributed by atoms with Crippen molar-refractivity contribution in [1.82, 2.24) is 10.1 Å². The van der Waals surface area contributed by atoms with Crippen molar-refractivity contribution >= 4 is 0 Å². The van der Waals surface area contributed by atoms with Gasteiger partial charge in [0, 0.05) is 13.1 Å². The summed E-state index contributed by atoms with van der Waals surface area (Å²) in [4.78, 5) is 2.31. The smallest absolute Gasteiger partial charge is 0.179 e. The lowest BCUT2D eigenvalue weighted by molar-refractivity contribution is 0.113. The van der Waals surface area contributed by atoms with Gasteiger partial charge >= 0.3 is 0 Å². The molecule has 0 aromatic carbocycles. The Labute approximate surface area is 77.5 Å². The SMILES string of the molecule is CN1CCC(Oc2cnoc2)CC1. The zero-order valence-electron chi connectivity index (χ0n) is 7.77. The molecule has 2 rings (SSSR count). The number of likely N-dealkylation sites (tertiary alicyclic amines) is 1. The van der Waals surface area contributed by atoms with Gasteiger partial charge in [-0.2, -0.15) is 0 Å². The number of aromatic nitrogens is 1. The van der Waals surface area contributed by atoms with Gasteiger partial charge in [-0.15, -0.1) is 0 Å². The second-order valence-electron chi connectivity index (χ2n) is 3.48. The molecule has 4 heteroatoms. The minimum atomic E-state index is 0.329. The molecule has 13 heavy (non-hydrogen) atoms. The number of ether oxygens (including phenoxy) is 1. The topological polar surface area (TPSA) is 38.5 Å². The van der Waals surface area contributed by atoms with Crippen LogP contribution in [0.15, 0.2) is 17.0 Å². The van der Waals surface area contributed by atoms with E-state index in [9.17, 15) is 0 Å². The highest BCUT2D eigenvalue weighted by molar-refractivity contribution is 5.08. The van der Waals surface area contributed by atoms with Crippen LogP contribution >= 0.6 is 0 Å². The lowest BCUT2D eigenvalue weighted by Crippen LogP contribution is -2.35. The van der Waals surface area contributed by atoms with Crippen molar-refractivity contribution in [3.05, 3.63) is 12.5 Å². The normalized spacial score (nSPS) is 20.4. The van der Waals surface area contributed by atoms with Crippen LogP contribution in [-0.4, -0.2) is 36.3 Å². The molecule has 4 nitrogen and oxygen atoms in total. The van der Waals surface area contributed by atoms with Gasteiger partial charge in [-0.1, -0.05) is 5.16 Å². The van der Waals surface area contributed by atoms with Crippen LogP contribution in [0, 0.1) is 0 Å². The summed E-state index contributed by atoms with van der Waals surface area (Å²) < 4.78 is 10.4. The lowest BCUT2D eigenvalue weighted by Gasteiger charge is -2.28. The highest BCUT2D eigenvalue weighted by Crippen LogP contribution is 2.17. The highest BCUT2D eigenvalue weighted by Gasteiger charge is 2.18. The Morgan fingerprint density at radius 2 is 2.31 bits per heavy atom. The summed E-state index contributed by atoms with van der Waals surface area (Å²) in [7, 11) is 2.13. The molecule has 0 bridgehead atoms. The predicted molar refractivity (Wildman–Crippen MR) is 47.7 cm³/mol. The molecular formula is C9H14N2O2. The lowest BCUT2D eigenvalue weighted by atomic mass is 10.1. The van der Waals surface area contributed by atoms with E-state index in [0.717, 1.165) is 31.7 Å². The molecule has 0 aliphatic carbocycles. The van der Waals surface area contributed by atoms with E-state index >= 15 is 0 Å². The first-order chi connectivity index (χ1) is 6.34. The van der Waals surface area contributed by atoms with Crippen LogP contribution in [0.5, 0.6) is 5.75 Å². The van der Waals surface area contributed by atoms with Gasteiger partial charge < -0.3 is 14.2 Å². The Hall–Kier alpha value is -1.03. The van der Waals surface area contributed by atoms with Gasteiger partial charge in [0.1, 0.15) is 12.3 Å². The monoisotopic (exact) mass is 182 g/mol. The van der Waals surface area contributed by atoms with E-state index in [2.05, 4.69) is 17.1 Å². The largest absolute Gasteiger partial charge is 0.485 e. The summed E-state index contributed by atoms with van der Waals surface area (Å²) in [6.07, 6.45) is 5.65. The van der Waals surface area contributed by atoms with Gasteiger partial charge in [0.2, 0.25) is 0 Å². The maximum atomic E-state index is 5.66. The fourth-order valence-electron chi connectivity index (χ4n) is 1.55. The van der Waals surface area contributed by atoms with E-state index in [1.807, 2.05) is 0 Å². The van der Waals surface area contributed by atoms with Crippen LogP contribution < -0.4 is 4.74 Å². The molecule has 1 fully saturated rings. The molecule has 0 N–H and O–H groups in total. The number of hydrogen-bond donors (Lipinski definition) is 0. The van der Waals surface area contributed by atoms with Crippen LogP contribution in [0.25, 0.3) is 0 Å². The fraction of sp³-hybridized carbons (Fsp3) is 0.667. The van der Waals surface area contributed by atoms with Gasteiger partial charge in [0.25, 0.3) is 0 Å². The maximum absolute atomic E-state index is 5.66. The first-order valence-electron chi connectivity index (χ1n) is 4.59. The molecule has 1 aromatic heterocycles. The summed E-state index contributed by atoms with van der Waals surface area (Å²) >= 11 is 0. The number of rotatable bonds is 2. The molecule has 1 aliphatic rings. The van der Waals surface area contributed by atoms with Crippen molar-refractivity contribution in [2.45, 2.75) is 18.9 Å². The standard InChI is InChI=1S/C9H14N2O2/c1-11-4-2-8(3-5-11)13-9-6-10-12-7-9/h6-8H,2-5H2,1H3. The van der Waals surface area contributed by atoms with Crippen LogP contribution in [0.3, 0.4) is 0 Å². The van der Waals surface area contributed by atoms with Crippen molar-refractivity contribution in [1.29, 1.82) is 0 Å². The molecule has 0 amide bonds. The summed E-state index contributed by atoms with van der Waals surface area (Å²) in [5.74, 6) is 0.745. The number of piperidine rings is 1. The molecule has 0 saturated carbocycles. The van der Waals surface area contributed by atoms with E-state index < -0.39 is 0 Å². The molecular weight excluding hydrogens is 168 g/mol. The highest BCUT2D eigenvalue weighted by atomic mass is 16.5. The summed E-state index contributed by atoms with van der Waals surface area (Å²) in [5.41, 5.74) is 0. The summed E-state index contributed by atoms with van der Waals surface area (Å²) in [6.45, 7) is 2.21. The van der Waals surface area contributed by atoms with Crippen LogP contribution in [0.1, 0.15) is 12.8 Å². The molecule has 0 radical (unpaired) electrons. The Balaban J connectivity index is 1.83. The van der Waals surface area contributed by atoms with Crippen molar-refractivity contribution in [3.63, 3.8) is 0 Å². The first kappa shape index (κ1) is 8.56. The third-order valence-corrected chi connectivity index (χ3v) is 2.38. The number of hydrogen-bond acceptors (Lipinski definition) is 4. The molecule has 0 unspecified atom stereocenters. The minimum absolute atomic E-state index is 0.329. The predicted octanol–water partition coefficient (Wildman–Crippen LogP) is 1.15. The van der Waals surface area contributed by atoms with Crippen LogP contribution in [-0.2, 0) is 0 Å². The Bertz CT molecular complexity index is 240. The molecule has 2 heterocycles. The molecule has 0 spiro atoms. The van der Waals surface area contributed by atoms with E-state index in [-0.39, 0.29) is 0 Å². The van der Waals surface area contributed by atoms with Crippen LogP contribution in [0.4, 0.5) is 0 Å². The zero-order chi connectivity index (χ0) is 9.10. The van der Waals surface area contributed by atoms with Crippen molar-refractivity contribution in [2.24, 2.45) is 0 Å². The maximum Gasteiger partial charge on any atom is 0.179 e. The second-order valence-corrected chi connectivity index (χ2v) is 3.48. The Kier molecular flexibility index (Phi) is 2.49. The van der Waals surface area contributed by atoms with Gasteiger partial charge in [-0.05, 0) is 19.9 Å².